The lowest BCUT2D eigenvalue weighted by atomic mass is 10.2. The molecule has 7 nitrogen and oxygen atoms in total. The number of rotatable bonds is 5. The van der Waals surface area contributed by atoms with Crippen LogP contribution in [0.2, 0.25) is 0 Å². The predicted octanol–water partition coefficient (Wildman–Crippen LogP) is 2.88. The van der Waals surface area contributed by atoms with Gasteiger partial charge in [-0.3, -0.25) is 9.98 Å². The molecule has 28 heavy (non-hydrogen) atoms. The van der Waals surface area contributed by atoms with Crippen LogP contribution in [0.15, 0.2) is 40.3 Å². The van der Waals surface area contributed by atoms with Gasteiger partial charge in [0.1, 0.15) is 11.5 Å². The molecule has 3 rings (SSSR count). The number of aliphatic imine (C=N–C) groups is 2. The van der Waals surface area contributed by atoms with Crippen molar-refractivity contribution in [2.24, 2.45) is 9.98 Å². The Morgan fingerprint density at radius 1 is 1.32 bits per heavy atom. The summed E-state index contributed by atoms with van der Waals surface area (Å²) in [5.74, 6) is 1.09. The topological polar surface area (TPSA) is 66.2 Å². The second-order valence-corrected chi connectivity index (χ2v) is 6.26. The van der Waals surface area contributed by atoms with E-state index in [2.05, 4.69) is 31.6 Å². The van der Waals surface area contributed by atoms with Crippen LogP contribution in [0.5, 0.6) is 0 Å². The van der Waals surface area contributed by atoms with Gasteiger partial charge in [-0.25, -0.2) is 9.97 Å². The van der Waals surface area contributed by atoms with Gasteiger partial charge >= 0.3 is 6.18 Å². The quantitative estimate of drug-likeness (QED) is 0.719. The van der Waals surface area contributed by atoms with Crippen molar-refractivity contribution in [2.75, 3.05) is 37.7 Å². The fourth-order valence-corrected chi connectivity index (χ4v) is 2.95. The molecule has 0 bridgehead atoms. The molecule has 0 aromatic carbocycles. The number of allylic oxidation sites excluding steroid dienone is 1. The molecule has 2 aliphatic rings. The third kappa shape index (κ3) is 5.38. The standard InChI is InChI=1S/C18H21F3N6O/c1-22-12-15(27-7-5-23-14(13-27)11-18(19,20)21)17-24-4-3-16(25-17)26-6-2-9-28-10-8-26/h3-5,12-13H,1-2,6-11H2/b15-12-. The first-order chi connectivity index (χ1) is 13.5. The van der Waals surface area contributed by atoms with Crippen LogP contribution >= 0.6 is 0 Å². The number of hydrogen-bond acceptors (Lipinski definition) is 7. The second kappa shape index (κ2) is 8.96. The lowest BCUT2D eigenvalue weighted by Crippen LogP contribution is -2.28. The molecule has 1 saturated heterocycles. The van der Waals surface area contributed by atoms with E-state index >= 15 is 0 Å². The van der Waals surface area contributed by atoms with Gasteiger partial charge in [0, 0.05) is 38.3 Å². The summed E-state index contributed by atoms with van der Waals surface area (Å²) >= 11 is 0. The maximum atomic E-state index is 12.7. The van der Waals surface area contributed by atoms with E-state index in [1.54, 1.807) is 17.2 Å². The van der Waals surface area contributed by atoms with Crippen molar-refractivity contribution in [1.29, 1.82) is 0 Å². The van der Waals surface area contributed by atoms with Crippen LogP contribution in [0.25, 0.3) is 5.70 Å². The van der Waals surface area contributed by atoms with Crippen molar-refractivity contribution in [3.63, 3.8) is 0 Å². The minimum Gasteiger partial charge on any atom is -0.380 e. The Labute approximate surface area is 161 Å². The first-order valence-corrected chi connectivity index (χ1v) is 8.85. The minimum absolute atomic E-state index is 0.0884. The van der Waals surface area contributed by atoms with Crippen molar-refractivity contribution in [1.82, 2.24) is 14.9 Å². The summed E-state index contributed by atoms with van der Waals surface area (Å²) in [7, 11) is 0. The number of aromatic nitrogens is 2. The lowest BCUT2D eigenvalue weighted by Gasteiger charge is -2.26. The molecular formula is C18H21F3N6O. The maximum Gasteiger partial charge on any atom is 0.394 e. The molecule has 1 aromatic rings. The van der Waals surface area contributed by atoms with E-state index in [9.17, 15) is 13.2 Å². The summed E-state index contributed by atoms with van der Waals surface area (Å²) in [6, 6.07) is 1.80. The predicted molar refractivity (Wildman–Crippen MR) is 101 cm³/mol. The molecule has 0 aliphatic carbocycles. The van der Waals surface area contributed by atoms with E-state index in [1.807, 2.05) is 0 Å². The lowest BCUT2D eigenvalue weighted by molar-refractivity contribution is -0.127. The number of anilines is 1. The van der Waals surface area contributed by atoms with E-state index < -0.39 is 12.6 Å². The van der Waals surface area contributed by atoms with Gasteiger partial charge in [-0.2, -0.15) is 13.2 Å². The van der Waals surface area contributed by atoms with Gasteiger partial charge in [-0.15, -0.1) is 0 Å². The Balaban J connectivity index is 1.86. The van der Waals surface area contributed by atoms with Crippen LogP contribution in [0.3, 0.4) is 0 Å². The van der Waals surface area contributed by atoms with Crippen LogP contribution in [0.1, 0.15) is 18.7 Å². The van der Waals surface area contributed by atoms with E-state index in [-0.39, 0.29) is 12.2 Å². The maximum absolute atomic E-state index is 12.7. The van der Waals surface area contributed by atoms with Gasteiger partial charge in [-0.1, -0.05) is 0 Å². The molecule has 0 saturated carbocycles. The second-order valence-electron chi connectivity index (χ2n) is 6.26. The summed E-state index contributed by atoms with van der Waals surface area (Å²) in [4.78, 5) is 20.2. The van der Waals surface area contributed by atoms with Crippen molar-refractivity contribution in [3.05, 3.63) is 36.2 Å². The molecule has 0 amide bonds. The highest BCUT2D eigenvalue weighted by Gasteiger charge is 2.30. The van der Waals surface area contributed by atoms with Crippen LogP contribution in [-0.4, -0.2) is 66.8 Å². The first-order valence-electron chi connectivity index (χ1n) is 8.85. The summed E-state index contributed by atoms with van der Waals surface area (Å²) in [6.07, 6.45) is 1.28. The van der Waals surface area contributed by atoms with E-state index in [0.717, 1.165) is 18.8 Å². The van der Waals surface area contributed by atoms with Gasteiger partial charge in [0.2, 0.25) is 0 Å². The third-order valence-corrected chi connectivity index (χ3v) is 4.16. The van der Waals surface area contributed by atoms with E-state index in [0.29, 0.717) is 31.3 Å². The number of nitrogens with zero attached hydrogens (tertiary/aromatic N) is 6. The van der Waals surface area contributed by atoms with Gasteiger partial charge in [0.25, 0.3) is 0 Å². The Bertz CT molecular complexity index is 782. The summed E-state index contributed by atoms with van der Waals surface area (Å²) in [5.41, 5.74) is 0.364. The van der Waals surface area contributed by atoms with Gasteiger partial charge in [0.05, 0.1) is 31.5 Å². The Hall–Kier alpha value is -2.75. The highest BCUT2D eigenvalue weighted by Crippen LogP contribution is 2.28. The number of hydrogen-bond donors (Lipinski definition) is 0. The van der Waals surface area contributed by atoms with Gasteiger partial charge in [-0.05, 0) is 19.2 Å². The zero-order chi connectivity index (χ0) is 20.0. The molecule has 0 unspecified atom stereocenters. The van der Waals surface area contributed by atoms with Gasteiger partial charge < -0.3 is 14.5 Å². The van der Waals surface area contributed by atoms with Crippen molar-refractivity contribution < 1.29 is 17.9 Å². The minimum atomic E-state index is -4.34. The summed E-state index contributed by atoms with van der Waals surface area (Å²) < 4.78 is 43.6. The third-order valence-electron chi connectivity index (χ3n) is 4.16. The van der Waals surface area contributed by atoms with Crippen molar-refractivity contribution >= 4 is 24.4 Å². The molecule has 3 heterocycles. The fraction of sp³-hybridized carbons (Fsp3) is 0.444. The van der Waals surface area contributed by atoms with Crippen molar-refractivity contribution in [3.8, 4) is 0 Å². The Kier molecular flexibility index (Phi) is 6.40. The molecular weight excluding hydrogens is 373 g/mol. The molecule has 0 radical (unpaired) electrons. The summed E-state index contributed by atoms with van der Waals surface area (Å²) in [6.45, 7) is 6.58. The van der Waals surface area contributed by atoms with Crippen LogP contribution in [0.4, 0.5) is 19.0 Å². The Morgan fingerprint density at radius 3 is 2.96 bits per heavy atom. The first kappa shape index (κ1) is 20.0. The SMILES string of the molecule is C=N/C=C(/c1nccc(N2CCCOCC2)n1)N1C=C(CC(F)(F)F)N=CC1. The van der Waals surface area contributed by atoms with Crippen molar-refractivity contribution in [2.45, 2.75) is 19.0 Å². The van der Waals surface area contributed by atoms with E-state index in [4.69, 9.17) is 4.74 Å². The fourth-order valence-electron chi connectivity index (χ4n) is 2.95. The average Bonchev–Trinajstić information content (AvgIpc) is 2.94. The number of halogens is 3. The molecule has 0 atom stereocenters. The molecule has 150 valence electrons. The molecule has 0 spiro atoms. The normalized spacial score (nSPS) is 18.7. The molecule has 2 aliphatic heterocycles. The van der Waals surface area contributed by atoms with Crippen LogP contribution < -0.4 is 4.90 Å². The zero-order valence-corrected chi connectivity index (χ0v) is 15.3. The van der Waals surface area contributed by atoms with Crippen LogP contribution in [0, 0.1) is 0 Å². The van der Waals surface area contributed by atoms with E-state index in [1.165, 1.54) is 18.6 Å². The highest BCUT2D eigenvalue weighted by molar-refractivity contribution is 5.70. The molecule has 1 fully saturated rings. The smallest absolute Gasteiger partial charge is 0.380 e. The number of alkyl halides is 3. The largest absolute Gasteiger partial charge is 0.394 e. The van der Waals surface area contributed by atoms with Crippen LogP contribution in [-0.2, 0) is 4.74 Å². The molecule has 0 N–H and O–H groups in total. The molecule has 10 heteroatoms. The summed E-state index contributed by atoms with van der Waals surface area (Å²) in [5, 5.41) is 0. The van der Waals surface area contributed by atoms with Gasteiger partial charge in [0.15, 0.2) is 5.82 Å². The zero-order valence-electron chi connectivity index (χ0n) is 15.3. The highest BCUT2D eigenvalue weighted by atomic mass is 19.4. The average molecular weight is 394 g/mol. The monoisotopic (exact) mass is 394 g/mol. The Morgan fingerprint density at radius 2 is 2.18 bits per heavy atom. The number of ether oxygens (including phenoxy) is 1. The molecule has 1 aromatic heterocycles.